The first kappa shape index (κ1) is 6.19. The second-order valence-electron chi connectivity index (χ2n) is 0.563. The molecule has 32 valence electrons. The number of allylic oxidation sites excluding steroid dienone is 1. The van der Waals surface area contributed by atoms with Gasteiger partial charge in [-0.2, -0.15) is 5.26 Å². The molecule has 0 aromatic carbocycles. The van der Waals surface area contributed by atoms with E-state index in [1.807, 2.05) is 6.07 Å². The summed E-state index contributed by atoms with van der Waals surface area (Å²) in [6.07, 6.45) is 1.35. The quantitative estimate of drug-likeness (QED) is 0.563. The van der Waals surface area contributed by atoms with Gasteiger partial charge in [0, 0.05) is 6.08 Å². The van der Waals surface area contributed by atoms with Crippen LogP contribution in [0.5, 0.6) is 0 Å². The fourth-order valence-corrected chi connectivity index (χ4v) is 0.254. The number of hydrogen-bond acceptors (Lipinski definition) is 1. The molecule has 0 atom stereocenters. The van der Waals surface area contributed by atoms with Gasteiger partial charge in [-0.3, -0.25) is 0 Å². The molecule has 6 heavy (non-hydrogen) atoms. The highest BCUT2D eigenvalue weighted by Crippen LogP contribution is 2.10. The maximum absolute atomic E-state index is 7.85. The van der Waals surface area contributed by atoms with Crippen molar-refractivity contribution < 1.29 is 0 Å². The van der Waals surface area contributed by atoms with E-state index in [0.29, 0.717) is 3.39 Å². The van der Waals surface area contributed by atoms with E-state index >= 15 is 0 Å². The van der Waals surface area contributed by atoms with E-state index in [-0.39, 0.29) is 0 Å². The van der Waals surface area contributed by atoms with E-state index in [1.165, 1.54) is 6.08 Å². The molecule has 0 amide bonds. The fraction of sp³-hybridized carbons (Fsp3) is 0. The Bertz CT molecular complexity index is 95.9. The average Bonchev–Trinajstić information content (AvgIpc) is 1.35. The molecule has 0 fully saturated rings. The second kappa shape index (κ2) is 3.38. The van der Waals surface area contributed by atoms with Gasteiger partial charge >= 0.3 is 0 Å². The molecular formula is C3HBr2N. The molecule has 0 bridgehead atoms. The Kier molecular flexibility index (Phi) is 3.49. The summed E-state index contributed by atoms with van der Waals surface area (Å²) >= 11 is 5.98. The average molecular weight is 211 g/mol. The van der Waals surface area contributed by atoms with E-state index in [1.54, 1.807) is 0 Å². The summed E-state index contributed by atoms with van der Waals surface area (Å²) < 4.78 is 0.678. The van der Waals surface area contributed by atoms with Crippen LogP contribution in [0.15, 0.2) is 9.47 Å². The van der Waals surface area contributed by atoms with Crippen LogP contribution in [-0.4, -0.2) is 0 Å². The van der Waals surface area contributed by atoms with Gasteiger partial charge in [0.2, 0.25) is 0 Å². The Morgan fingerprint density at radius 2 is 2.17 bits per heavy atom. The van der Waals surface area contributed by atoms with Crippen molar-refractivity contribution >= 4 is 31.9 Å². The maximum Gasteiger partial charge on any atom is 0.0929 e. The van der Waals surface area contributed by atoms with Crippen LogP contribution in [0, 0.1) is 11.3 Å². The number of nitriles is 1. The van der Waals surface area contributed by atoms with E-state index in [0.717, 1.165) is 0 Å². The number of rotatable bonds is 0. The number of hydrogen-bond donors (Lipinski definition) is 0. The lowest BCUT2D eigenvalue weighted by Gasteiger charge is -1.65. The Morgan fingerprint density at radius 3 is 2.17 bits per heavy atom. The molecule has 0 aliphatic heterocycles. The third kappa shape index (κ3) is 4.19. The monoisotopic (exact) mass is 209 g/mol. The first-order valence-electron chi connectivity index (χ1n) is 1.18. The number of nitrogens with zero attached hydrogens (tertiary/aromatic N) is 1. The van der Waals surface area contributed by atoms with Gasteiger partial charge in [-0.05, 0) is 31.9 Å². The molecule has 0 N–H and O–H groups in total. The van der Waals surface area contributed by atoms with Crippen LogP contribution in [-0.2, 0) is 0 Å². The highest BCUT2D eigenvalue weighted by molar-refractivity contribution is 9.28. The van der Waals surface area contributed by atoms with E-state index in [4.69, 9.17) is 5.26 Å². The molecule has 0 spiro atoms. The van der Waals surface area contributed by atoms with Gasteiger partial charge in [-0.1, -0.05) is 0 Å². The van der Waals surface area contributed by atoms with Crippen LogP contribution < -0.4 is 0 Å². The summed E-state index contributed by atoms with van der Waals surface area (Å²) in [5.74, 6) is 0. The maximum atomic E-state index is 7.85. The van der Waals surface area contributed by atoms with Crippen LogP contribution in [0.4, 0.5) is 0 Å². The number of halogens is 2. The van der Waals surface area contributed by atoms with Gasteiger partial charge in [-0.15, -0.1) is 0 Å². The Morgan fingerprint density at radius 1 is 1.67 bits per heavy atom. The molecule has 0 radical (unpaired) electrons. The van der Waals surface area contributed by atoms with E-state index in [2.05, 4.69) is 31.9 Å². The lowest BCUT2D eigenvalue weighted by Crippen LogP contribution is -1.42. The summed E-state index contributed by atoms with van der Waals surface area (Å²) in [6, 6.07) is 1.81. The van der Waals surface area contributed by atoms with E-state index < -0.39 is 0 Å². The van der Waals surface area contributed by atoms with Gasteiger partial charge < -0.3 is 0 Å². The zero-order chi connectivity index (χ0) is 4.99. The molecule has 0 heterocycles. The van der Waals surface area contributed by atoms with Crippen molar-refractivity contribution in [1.29, 1.82) is 5.26 Å². The topological polar surface area (TPSA) is 23.8 Å². The molecular weight excluding hydrogens is 210 g/mol. The fourth-order valence-electron chi connectivity index (χ4n) is 0.0488. The third-order valence-corrected chi connectivity index (χ3v) is 0.631. The molecule has 3 heteroatoms. The van der Waals surface area contributed by atoms with Crippen molar-refractivity contribution in [3.05, 3.63) is 9.47 Å². The minimum Gasteiger partial charge on any atom is -0.193 e. The Balaban J connectivity index is 3.51. The highest BCUT2D eigenvalue weighted by Gasteiger charge is 1.72. The van der Waals surface area contributed by atoms with Crippen molar-refractivity contribution in [3.63, 3.8) is 0 Å². The van der Waals surface area contributed by atoms with Crippen LogP contribution in [0.1, 0.15) is 0 Å². The highest BCUT2D eigenvalue weighted by atomic mass is 79.9. The molecule has 0 rings (SSSR count). The Hall–Kier alpha value is 0.190. The second-order valence-corrected chi connectivity index (χ2v) is 3.34. The minimum atomic E-state index is 0.678. The summed E-state index contributed by atoms with van der Waals surface area (Å²) in [6.45, 7) is 0. The van der Waals surface area contributed by atoms with Crippen LogP contribution in [0.2, 0.25) is 0 Å². The molecule has 0 saturated heterocycles. The lowest BCUT2D eigenvalue weighted by atomic mass is 10.7. The summed E-state index contributed by atoms with van der Waals surface area (Å²) in [5.41, 5.74) is 0. The van der Waals surface area contributed by atoms with E-state index in [9.17, 15) is 0 Å². The molecule has 1 nitrogen and oxygen atoms in total. The first-order chi connectivity index (χ1) is 2.77. The smallest absolute Gasteiger partial charge is 0.0929 e. The standard InChI is InChI=1S/C3HBr2N/c4-3(5)1-2-6/h1H. The Labute approximate surface area is 52.9 Å². The summed E-state index contributed by atoms with van der Waals surface area (Å²) in [4.78, 5) is 0. The predicted octanol–water partition coefficient (Wildman–Crippen LogP) is 2.14. The zero-order valence-electron chi connectivity index (χ0n) is 2.78. The minimum absolute atomic E-state index is 0.678. The van der Waals surface area contributed by atoms with Crippen molar-refractivity contribution in [2.24, 2.45) is 0 Å². The van der Waals surface area contributed by atoms with Crippen LogP contribution in [0.3, 0.4) is 0 Å². The molecule has 0 aromatic rings. The third-order valence-electron chi connectivity index (χ3n) is 0.174. The predicted molar refractivity (Wildman–Crippen MR) is 31.5 cm³/mol. The lowest BCUT2D eigenvalue weighted by molar-refractivity contribution is 1.54. The largest absolute Gasteiger partial charge is 0.193 e. The molecule has 0 aliphatic carbocycles. The normalized spacial score (nSPS) is 6.17. The molecule has 0 saturated carbocycles. The van der Waals surface area contributed by atoms with Gasteiger partial charge in [0.1, 0.15) is 0 Å². The van der Waals surface area contributed by atoms with Gasteiger partial charge in [0.25, 0.3) is 0 Å². The van der Waals surface area contributed by atoms with Gasteiger partial charge in [0.05, 0.1) is 9.46 Å². The molecule has 0 unspecified atom stereocenters. The zero-order valence-corrected chi connectivity index (χ0v) is 5.95. The van der Waals surface area contributed by atoms with Crippen molar-refractivity contribution in [2.75, 3.05) is 0 Å². The van der Waals surface area contributed by atoms with Crippen molar-refractivity contribution in [2.45, 2.75) is 0 Å². The SMILES string of the molecule is N#CC=C(Br)Br. The summed E-state index contributed by atoms with van der Waals surface area (Å²) in [5, 5.41) is 7.85. The van der Waals surface area contributed by atoms with Crippen molar-refractivity contribution in [1.82, 2.24) is 0 Å². The van der Waals surface area contributed by atoms with Crippen LogP contribution >= 0.6 is 31.9 Å². The van der Waals surface area contributed by atoms with Gasteiger partial charge in [0.15, 0.2) is 0 Å². The molecule has 0 aliphatic rings. The first-order valence-corrected chi connectivity index (χ1v) is 2.76. The van der Waals surface area contributed by atoms with Gasteiger partial charge in [-0.25, -0.2) is 0 Å². The van der Waals surface area contributed by atoms with Crippen LogP contribution in [0.25, 0.3) is 0 Å². The van der Waals surface area contributed by atoms with Crippen molar-refractivity contribution in [3.8, 4) is 6.07 Å². The summed E-state index contributed by atoms with van der Waals surface area (Å²) in [7, 11) is 0. The molecule has 0 aromatic heterocycles.